The summed E-state index contributed by atoms with van der Waals surface area (Å²) in [5.41, 5.74) is 1.58. The summed E-state index contributed by atoms with van der Waals surface area (Å²) in [4.78, 5) is 17.6. The third-order valence-electron chi connectivity index (χ3n) is 4.34. The van der Waals surface area contributed by atoms with E-state index in [9.17, 15) is 4.79 Å². The first kappa shape index (κ1) is 13.6. The number of alkyl halides is 1. The summed E-state index contributed by atoms with van der Waals surface area (Å²) >= 11 is 5.47. The third-order valence-corrected chi connectivity index (χ3v) is 7.27. The van der Waals surface area contributed by atoms with Crippen molar-refractivity contribution >= 4 is 33.2 Å². The van der Waals surface area contributed by atoms with Crippen LogP contribution in [0.1, 0.15) is 46.8 Å². The van der Waals surface area contributed by atoms with Crippen LogP contribution in [0, 0.1) is 5.41 Å². The molecule has 2 nitrogen and oxygen atoms in total. The molecule has 1 aliphatic heterocycles. The molecule has 2 aliphatic rings. The number of carbonyl (C=O) groups is 1. The molecule has 0 aromatic carbocycles. The minimum atomic E-state index is 0.161. The molecule has 1 atom stereocenters. The van der Waals surface area contributed by atoms with E-state index >= 15 is 0 Å². The molecule has 0 saturated carbocycles. The number of carbonyl (C=O) groups excluding carboxylic acids is 1. The number of hydrogen-bond acceptors (Lipinski definition) is 2. The molecule has 4 heteroatoms. The Morgan fingerprint density at radius 1 is 1.47 bits per heavy atom. The predicted molar refractivity (Wildman–Crippen MR) is 83.4 cm³/mol. The molecule has 0 radical (unpaired) electrons. The Bertz CT molecular complexity index is 487. The summed E-state index contributed by atoms with van der Waals surface area (Å²) in [5, 5.41) is 0. The number of nitrogens with zero attached hydrogens (tertiary/aromatic N) is 1. The summed E-state index contributed by atoms with van der Waals surface area (Å²) in [6.45, 7) is 6.20. The van der Waals surface area contributed by atoms with Crippen molar-refractivity contribution < 1.29 is 4.79 Å². The van der Waals surface area contributed by atoms with Crippen LogP contribution in [0.2, 0.25) is 0 Å². The number of piperidine rings is 1. The van der Waals surface area contributed by atoms with Crippen LogP contribution in [-0.2, 0) is 12.8 Å². The lowest BCUT2D eigenvalue weighted by molar-refractivity contribution is 0.0607. The van der Waals surface area contributed by atoms with Crippen molar-refractivity contribution in [3.63, 3.8) is 0 Å². The van der Waals surface area contributed by atoms with Crippen molar-refractivity contribution in [3.8, 4) is 0 Å². The smallest absolute Gasteiger partial charge is 0.263 e. The summed E-state index contributed by atoms with van der Waals surface area (Å²) in [5.74, 6) is 0.242. The van der Waals surface area contributed by atoms with Gasteiger partial charge in [-0.1, -0.05) is 29.8 Å². The highest BCUT2D eigenvalue weighted by Crippen LogP contribution is 2.36. The number of likely N-dealkylation sites (tertiary alicyclic amines) is 1. The highest BCUT2D eigenvalue weighted by Gasteiger charge is 2.36. The van der Waals surface area contributed by atoms with Crippen LogP contribution in [0.25, 0.3) is 0 Å². The van der Waals surface area contributed by atoms with Crippen LogP contribution >= 0.6 is 27.3 Å². The average molecular weight is 342 g/mol. The minimum absolute atomic E-state index is 0.161. The van der Waals surface area contributed by atoms with Gasteiger partial charge in [0.05, 0.1) is 4.88 Å². The van der Waals surface area contributed by atoms with Gasteiger partial charge in [-0.15, -0.1) is 11.3 Å². The van der Waals surface area contributed by atoms with Crippen molar-refractivity contribution in [2.24, 2.45) is 5.41 Å². The first-order chi connectivity index (χ1) is 8.97. The summed E-state index contributed by atoms with van der Waals surface area (Å²) < 4.78 is 0. The summed E-state index contributed by atoms with van der Waals surface area (Å²) in [7, 11) is 0. The Kier molecular flexibility index (Phi) is 3.50. The molecule has 1 aromatic rings. The summed E-state index contributed by atoms with van der Waals surface area (Å²) in [6.07, 6.45) is 4.64. The van der Waals surface area contributed by atoms with Gasteiger partial charge in [-0.3, -0.25) is 4.79 Å². The molecule has 1 fully saturated rings. The fourth-order valence-electron chi connectivity index (χ4n) is 3.09. The first-order valence-electron chi connectivity index (χ1n) is 7.02. The zero-order valence-corrected chi connectivity index (χ0v) is 13.9. The second kappa shape index (κ2) is 4.88. The fourth-order valence-corrected chi connectivity index (χ4v) is 4.66. The number of hydrogen-bond donors (Lipinski definition) is 0. The number of rotatable bonds is 1. The van der Waals surface area contributed by atoms with Gasteiger partial charge in [-0.05, 0) is 42.7 Å². The Balaban J connectivity index is 1.77. The monoisotopic (exact) mass is 341 g/mol. The van der Waals surface area contributed by atoms with Gasteiger partial charge in [0, 0.05) is 22.8 Å². The Morgan fingerprint density at radius 3 is 2.95 bits per heavy atom. The average Bonchev–Trinajstić information content (AvgIpc) is 2.92. The lowest BCUT2D eigenvalue weighted by Gasteiger charge is -2.41. The predicted octanol–water partition coefficient (Wildman–Crippen LogP) is 3.87. The van der Waals surface area contributed by atoms with Crippen LogP contribution in [-0.4, -0.2) is 28.7 Å². The standard InChI is InChI=1S/C15H20BrNOS/c1-15(2)9-17(7-6-13(15)16)14(18)12-8-10-4-3-5-11(10)19-12/h8,13H,3-7,9H2,1-2H3. The minimum Gasteiger partial charge on any atom is -0.337 e. The van der Waals surface area contributed by atoms with Gasteiger partial charge in [-0.2, -0.15) is 0 Å². The van der Waals surface area contributed by atoms with Gasteiger partial charge in [0.25, 0.3) is 5.91 Å². The second-order valence-corrected chi connectivity index (χ2v) is 8.63. The number of fused-ring (bicyclic) bond motifs is 1. The van der Waals surface area contributed by atoms with Gasteiger partial charge in [-0.25, -0.2) is 0 Å². The molecular weight excluding hydrogens is 322 g/mol. The molecule has 1 saturated heterocycles. The fraction of sp³-hybridized carbons (Fsp3) is 0.667. The molecule has 1 amide bonds. The zero-order valence-electron chi connectivity index (χ0n) is 11.5. The van der Waals surface area contributed by atoms with E-state index < -0.39 is 0 Å². The van der Waals surface area contributed by atoms with Crippen molar-refractivity contribution in [2.45, 2.75) is 44.4 Å². The van der Waals surface area contributed by atoms with Crippen LogP contribution in [0.3, 0.4) is 0 Å². The normalized spacial score (nSPS) is 25.4. The highest BCUT2D eigenvalue weighted by molar-refractivity contribution is 9.09. The maximum atomic E-state index is 12.6. The van der Waals surface area contributed by atoms with Gasteiger partial charge >= 0.3 is 0 Å². The molecule has 19 heavy (non-hydrogen) atoms. The number of thiophene rings is 1. The number of amides is 1. The molecule has 3 rings (SSSR count). The molecule has 1 aliphatic carbocycles. The second-order valence-electron chi connectivity index (χ2n) is 6.38. The highest BCUT2D eigenvalue weighted by atomic mass is 79.9. The van der Waals surface area contributed by atoms with E-state index in [-0.39, 0.29) is 11.3 Å². The molecule has 2 heterocycles. The van der Waals surface area contributed by atoms with Crippen LogP contribution < -0.4 is 0 Å². The molecule has 0 bridgehead atoms. The molecule has 1 aromatic heterocycles. The number of aryl methyl sites for hydroxylation is 2. The Labute approximate surface area is 127 Å². The van der Waals surface area contributed by atoms with Gasteiger partial charge in [0.1, 0.15) is 0 Å². The molecule has 1 unspecified atom stereocenters. The molecule has 104 valence electrons. The van der Waals surface area contributed by atoms with Crippen molar-refractivity contribution in [1.29, 1.82) is 0 Å². The Morgan fingerprint density at radius 2 is 2.26 bits per heavy atom. The van der Waals surface area contributed by atoms with E-state index in [1.165, 1.54) is 23.3 Å². The van der Waals surface area contributed by atoms with Crippen LogP contribution in [0.5, 0.6) is 0 Å². The van der Waals surface area contributed by atoms with E-state index in [0.29, 0.717) is 4.83 Å². The Hall–Kier alpha value is -0.350. The van der Waals surface area contributed by atoms with Gasteiger partial charge in [0.15, 0.2) is 0 Å². The maximum Gasteiger partial charge on any atom is 0.263 e. The summed E-state index contributed by atoms with van der Waals surface area (Å²) in [6, 6.07) is 2.14. The lowest BCUT2D eigenvalue weighted by Crippen LogP contribution is -2.48. The SMILES string of the molecule is CC1(C)CN(C(=O)c2cc3c(s2)CCC3)CCC1Br. The van der Waals surface area contributed by atoms with E-state index in [1.807, 2.05) is 4.90 Å². The van der Waals surface area contributed by atoms with Crippen molar-refractivity contribution in [2.75, 3.05) is 13.1 Å². The molecule has 0 N–H and O–H groups in total. The third kappa shape index (κ3) is 2.49. The van der Waals surface area contributed by atoms with Crippen molar-refractivity contribution in [1.82, 2.24) is 4.90 Å². The van der Waals surface area contributed by atoms with E-state index in [0.717, 1.165) is 30.8 Å². The van der Waals surface area contributed by atoms with E-state index in [2.05, 4.69) is 35.8 Å². The molecular formula is C15H20BrNOS. The topological polar surface area (TPSA) is 20.3 Å². The molecule has 0 spiro atoms. The lowest BCUT2D eigenvalue weighted by atomic mass is 9.84. The zero-order chi connectivity index (χ0) is 13.6. The quantitative estimate of drug-likeness (QED) is 0.710. The van der Waals surface area contributed by atoms with Gasteiger partial charge in [0.2, 0.25) is 0 Å². The van der Waals surface area contributed by atoms with E-state index in [4.69, 9.17) is 0 Å². The first-order valence-corrected chi connectivity index (χ1v) is 8.75. The maximum absolute atomic E-state index is 12.6. The van der Waals surface area contributed by atoms with E-state index in [1.54, 1.807) is 11.3 Å². The number of halogens is 1. The van der Waals surface area contributed by atoms with Gasteiger partial charge < -0.3 is 4.90 Å². The van der Waals surface area contributed by atoms with Crippen LogP contribution in [0.4, 0.5) is 0 Å². The van der Waals surface area contributed by atoms with Crippen molar-refractivity contribution in [3.05, 3.63) is 21.4 Å². The largest absolute Gasteiger partial charge is 0.337 e. The van der Waals surface area contributed by atoms with Crippen LogP contribution in [0.15, 0.2) is 6.07 Å².